The summed E-state index contributed by atoms with van der Waals surface area (Å²) in [5.41, 5.74) is 7.37. The van der Waals surface area contributed by atoms with Gasteiger partial charge < -0.3 is 30.3 Å². The molecule has 0 saturated carbocycles. The van der Waals surface area contributed by atoms with E-state index >= 15 is 0 Å². The molecule has 1 aliphatic rings. The molecule has 0 aliphatic carbocycles. The summed E-state index contributed by atoms with van der Waals surface area (Å²) in [4.78, 5) is 43.6. The van der Waals surface area contributed by atoms with Crippen LogP contribution < -0.4 is 11.1 Å². The Bertz CT molecular complexity index is 959. The van der Waals surface area contributed by atoms with E-state index in [1.165, 1.54) is 5.56 Å². The smallest absolute Gasteiger partial charge is 0.239 e. The lowest BCUT2D eigenvalue weighted by molar-refractivity contribution is -0.146. The lowest BCUT2D eigenvalue weighted by Crippen LogP contribution is -2.56. The maximum atomic E-state index is 13.8. The number of likely N-dealkylation sites (tertiary alicyclic amines) is 1. The van der Waals surface area contributed by atoms with Gasteiger partial charge in [-0.1, -0.05) is 71.4 Å². The predicted molar refractivity (Wildman–Crippen MR) is 162 cm³/mol. The number of nitrogens with two attached hydrogens (primary N) is 1. The zero-order valence-electron chi connectivity index (χ0n) is 26.5. The first-order valence-electron chi connectivity index (χ1n) is 15.2. The van der Waals surface area contributed by atoms with Crippen molar-refractivity contribution >= 4 is 17.7 Å². The van der Waals surface area contributed by atoms with Crippen LogP contribution in [0.3, 0.4) is 0 Å². The van der Waals surface area contributed by atoms with Crippen LogP contribution in [0.15, 0.2) is 30.3 Å². The standard InChI is InChI=1S/C32H54N4O5/c1-9-22(4)29(35(6)32(39)28(33)21(2)3)26(40-7)20-27(37)36-19-13-16-25(36)30(41-8)23(5)31(38)34-18-17-24-14-11-10-12-15-24/h10-12,14-15,21-23,25-26,28-30H,9,13,16-20,33H2,1-8H3,(H,34,38)/t22-,23+,25-,26+,28-,29-,30+/m0/s1. The molecule has 1 saturated heterocycles. The first kappa shape index (κ1) is 34.7. The summed E-state index contributed by atoms with van der Waals surface area (Å²) in [6.07, 6.45) is 2.38. The summed E-state index contributed by atoms with van der Waals surface area (Å²) in [5, 5.41) is 3.04. The molecule has 2 rings (SSSR count). The molecule has 3 N–H and O–H groups in total. The highest BCUT2D eigenvalue weighted by atomic mass is 16.5. The van der Waals surface area contributed by atoms with Crippen molar-refractivity contribution in [2.45, 2.75) is 97.1 Å². The minimum atomic E-state index is -0.620. The van der Waals surface area contributed by atoms with Crippen molar-refractivity contribution in [1.82, 2.24) is 15.1 Å². The normalized spacial score (nSPS) is 19.8. The molecule has 1 aliphatic heterocycles. The lowest BCUT2D eigenvalue weighted by atomic mass is 9.89. The van der Waals surface area contributed by atoms with Gasteiger partial charge in [0.2, 0.25) is 17.7 Å². The number of amides is 3. The van der Waals surface area contributed by atoms with Crippen LogP contribution in [0.2, 0.25) is 0 Å². The molecule has 1 heterocycles. The molecule has 1 aromatic carbocycles. The van der Waals surface area contributed by atoms with Crippen molar-refractivity contribution in [3.63, 3.8) is 0 Å². The highest BCUT2D eigenvalue weighted by molar-refractivity contribution is 5.82. The summed E-state index contributed by atoms with van der Waals surface area (Å²) >= 11 is 0. The number of benzene rings is 1. The van der Waals surface area contributed by atoms with Gasteiger partial charge in [-0.2, -0.15) is 0 Å². The first-order valence-corrected chi connectivity index (χ1v) is 15.2. The van der Waals surface area contributed by atoms with Gasteiger partial charge in [0.05, 0.1) is 42.7 Å². The maximum Gasteiger partial charge on any atom is 0.239 e. The molecule has 9 nitrogen and oxygen atoms in total. The predicted octanol–water partition coefficient (Wildman–Crippen LogP) is 3.25. The van der Waals surface area contributed by atoms with E-state index in [0.29, 0.717) is 13.1 Å². The Hall–Kier alpha value is -2.49. The SMILES string of the molecule is CC[C@H](C)[C@@H]([C@@H](CC(=O)N1CCC[C@H]1[C@H](OC)[C@@H](C)C(=O)NCCc1ccccc1)OC)N(C)C(=O)[C@@H](N)C(C)C. The number of ether oxygens (including phenoxy) is 2. The van der Waals surface area contributed by atoms with E-state index < -0.39 is 24.2 Å². The summed E-state index contributed by atoms with van der Waals surface area (Å²) in [7, 11) is 4.96. The van der Waals surface area contributed by atoms with Gasteiger partial charge in [0, 0.05) is 34.4 Å². The minimum absolute atomic E-state index is 0.000904. The second-order valence-corrected chi connectivity index (χ2v) is 11.9. The van der Waals surface area contributed by atoms with Crippen molar-refractivity contribution in [1.29, 1.82) is 0 Å². The summed E-state index contributed by atoms with van der Waals surface area (Å²) in [6.45, 7) is 11.0. The fourth-order valence-electron chi connectivity index (χ4n) is 5.96. The monoisotopic (exact) mass is 574 g/mol. The Morgan fingerprint density at radius 2 is 1.76 bits per heavy atom. The molecule has 7 atom stereocenters. The van der Waals surface area contributed by atoms with Crippen LogP contribution in [0.4, 0.5) is 0 Å². The molecule has 1 fully saturated rings. The van der Waals surface area contributed by atoms with Crippen LogP contribution in [-0.2, 0) is 30.3 Å². The molecule has 0 unspecified atom stereocenters. The second kappa shape index (κ2) is 16.8. The molecule has 0 spiro atoms. The van der Waals surface area contributed by atoms with E-state index in [0.717, 1.165) is 25.7 Å². The number of carbonyl (C=O) groups is 3. The quantitative estimate of drug-likeness (QED) is 0.313. The Morgan fingerprint density at radius 3 is 2.32 bits per heavy atom. The van der Waals surface area contributed by atoms with Crippen molar-refractivity contribution in [3.05, 3.63) is 35.9 Å². The van der Waals surface area contributed by atoms with Crippen LogP contribution in [0.5, 0.6) is 0 Å². The fraction of sp³-hybridized carbons (Fsp3) is 0.719. The van der Waals surface area contributed by atoms with Crippen LogP contribution in [0.1, 0.15) is 65.9 Å². The molecular formula is C32H54N4O5. The van der Waals surface area contributed by atoms with Crippen LogP contribution in [-0.4, -0.2) is 92.2 Å². The first-order chi connectivity index (χ1) is 19.5. The number of methoxy groups -OCH3 is 2. The van der Waals surface area contributed by atoms with Crippen molar-refractivity contribution in [2.24, 2.45) is 23.5 Å². The van der Waals surface area contributed by atoms with Gasteiger partial charge in [-0.25, -0.2) is 0 Å². The number of carbonyl (C=O) groups excluding carboxylic acids is 3. The van der Waals surface area contributed by atoms with Gasteiger partial charge in [0.25, 0.3) is 0 Å². The van der Waals surface area contributed by atoms with Crippen molar-refractivity contribution in [3.8, 4) is 0 Å². The Morgan fingerprint density at radius 1 is 1.10 bits per heavy atom. The maximum absolute atomic E-state index is 13.8. The van der Waals surface area contributed by atoms with E-state index in [4.69, 9.17) is 15.2 Å². The Kier molecular flexibility index (Phi) is 14.2. The zero-order valence-corrected chi connectivity index (χ0v) is 26.5. The molecule has 0 radical (unpaired) electrons. The highest BCUT2D eigenvalue weighted by Gasteiger charge is 2.42. The number of hydrogen-bond acceptors (Lipinski definition) is 6. The molecule has 0 bridgehead atoms. The van der Waals surface area contributed by atoms with Crippen molar-refractivity contribution < 1.29 is 23.9 Å². The second-order valence-electron chi connectivity index (χ2n) is 11.9. The molecule has 232 valence electrons. The summed E-state index contributed by atoms with van der Waals surface area (Å²) < 4.78 is 11.8. The number of nitrogens with zero attached hydrogens (tertiary/aromatic N) is 2. The van der Waals surface area contributed by atoms with Crippen LogP contribution >= 0.6 is 0 Å². The largest absolute Gasteiger partial charge is 0.379 e. The van der Waals surface area contributed by atoms with E-state index in [1.54, 1.807) is 26.2 Å². The van der Waals surface area contributed by atoms with E-state index in [9.17, 15) is 14.4 Å². The topological polar surface area (TPSA) is 114 Å². The van der Waals surface area contributed by atoms with Gasteiger partial charge in [0.1, 0.15) is 0 Å². The van der Waals surface area contributed by atoms with Crippen molar-refractivity contribution in [2.75, 3.05) is 34.4 Å². The highest BCUT2D eigenvalue weighted by Crippen LogP contribution is 2.29. The molecular weight excluding hydrogens is 520 g/mol. The van der Waals surface area contributed by atoms with Crippen LogP contribution in [0, 0.1) is 17.8 Å². The zero-order chi connectivity index (χ0) is 30.7. The number of hydrogen-bond donors (Lipinski definition) is 2. The average molecular weight is 575 g/mol. The molecule has 41 heavy (non-hydrogen) atoms. The van der Waals surface area contributed by atoms with Crippen LogP contribution in [0.25, 0.3) is 0 Å². The number of rotatable bonds is 16. The summed E-state index contributed by atoms with van der Waals surface area (Å²) in [5.74, 6) is -0.617. The van der Waals surface area contributed by atoms with Gasteiger partial charge >= 0.3 is 0 Å². The molecule has 0 aromatic heterocycles. The Balaban J connectivity index is 2.12. The summed E-state index contributed by atoms with van der Waals surface area (Å²) in [6, 6.07) is 8.90. The minimum Gasteiger partial charge on any atom is -0.379 e. The van der Waals surface area contributed by atoms with E-state index in [-0.39, 0.29) is 48.1 Å². The van der Waals surface area contributed by atoms with Gasteiger partial charge in [0.15, 0.2) is 0 Å². The lowest BCUT2D eigenvalue weighted by Gasteiger charge is -2.40. The third-order valence-electron chi connectivity index (χ3n) is 8.82. The molecule has 9 heteroatoms. The van der Waals surface area contributed by atoms with E-state index in [1.807, 2.05) is 56.0 Å². The average Bonchev–Trinajstić information content (AvgIpc) is 3.46. The third-order valence-corrected chi connectivity index (χ3v) is 8.82. The number of likely N-dealkylation sites (N-methyl/N-ethyl adjacent to an activating group) is 1. The molecule has 3 amide bonds. The van der Waals surface area contributed by atoms with Gasteiger partial charge in [-0.15, -0.1) is 0 Å². The fourth-order valence-corrected chi connectivity index (χ4v) is 5.96. The Labute approximate surface area is 247 Å². The number of nitrogens with one attached hydrogen (secondary N) is 1. The van der Waals surface area contributed by atoms with Gasteiger partial charge in [-0.3, -0.25) is 14.4 Å². The molecule has 1 aromatic rings. The van der Waals surface area contributed by atoms with Gasteiger partial charge in [-0.05, 0) is 36.7 Å². The van der Waals surface area contributed by atoms with E-state index in [2.05, 4.69) is 19.2 Å². The third kappa shape index (κ3) is 9.25.